The van der Waals surface area contributed by atoms with Crippen LogP contribution >= 0.6 is 0 Å². The second-order valence-corrected chi connectivity index (χ2v) is 6.28. The fourth-order valence-corrected chi connectivity index (χ4v) is 3.57. The van der Waals surface area contributed by atoms with Gasteiger partial charge < -0.3 is 15.5 Å². The van der Waals surface area contributed by atoms with Crippen LogP contribution in [0.25, 0.3) is 0 Å². The van der Waals surface area contributed by atoms with Crippen molar-refractivity contribution < 1.29 is 4.39 Å². The molecule has 2 N–H and O–H groups in total. The van der Waals surface area contributed by atoms with E-state index in [1.54, 1.807) is 0 Å². The van der Waals surface area contributed by atoms with Crippen LogP contribution < -0.4 is 10.6 Å². The van der Waals surface area contributed by atoms with Gasteiger partial charge in [0.15, 0.2) is 0 Å². The molecule has 21 heavy (non-hydrogen) atoms. The lowest BCUT2D eigenvalue weighted by Gasteiger charge is -2.35. The fourth-order valence-electron chi connectivity index (χ4n) is 3.57. The van der Waals surface area contributed by atoms with Crippen molar-refractivity contribution >= 4 is 5.82 Å². The van der Waals surface area contributed by atoms with E-state index < -0.39 is 0 Å². The van der Waals surface area contributed by atoms with Crippen molar-refractivity contribution in [3.05, 3.63) is 23.6 Å². The molecule has 0 aromatic carbocycles. The Bertz CT molecular complexity index is 465. The van der Waals surface area contributed by atoms with Gasteiger partial charge in [0.1, 0.15) is 11.6 Å². The summed E-state index contributed by atoms with van der Waals surface area (Å²) in [5.41, 5.74) is 6.54. The summed E-state index contributed by atoms with van der Waals surface area (Å²) in [5.74, 6) is 1.36. The third-order valence-electron chi connectivity index (χ3n) is 4.76. The van der Waals surface area contributed by atoms with Gasteiger partial charge in [0.05, 0.1) is 6.20 Å². The molecule has 3 rings (SSSR count). The molecule has 0 unspecified atom stereocenters. The molecule has 5 heteroatoms. The van der Waals surface area contributed by atoms with Crippen LogP contribution in [0.4, 0.5) is 10.2 Å². The molecule has 2 saturated heterocycles. The van der Waals surface area contributed by atoms with Crippen molar-refractivity contribution in [3.63, 3.8) is 0 Å². The lowest BCUT2D eigenvalue weighted by molar-refractivity contribution is 0.249. The Morgan fingerprint density at radius 1 is 1.19 bits per heavy atom. The zero-order chi connectivity index (χ0) is 14.7. The maximum atomic E-state index is 13.2. The average Bonchev–Trinajstić information content (AvgIpc) is 3.01. The van der Waals surface area contributed by atoms with Crippen LogP contribution in [0.2, 0.25) is 0 Å². The maximum absolute atomic E-state index is 13.2. The smallest absolute Gasteiger partial charge is 0.141 e. The van der Waals surface area contributed by atoms with Crippen molar-refractivity contribution in [3.8, 4) is 0 Å². The summed E-state index contributed by atoms with van der Waals surface area (Å²) in [7, 11) is 0. The van der Waals surface area contributed by atoms with Gasteiger partial charge in [-0.3, -0.25) is 0 Å². The summed E-state index contributed by atoms with van der Waals surface area (Å²) in [6.45, 7) is 6.14. The summed E-state index contributed by atoms with van der Waals surface area (Å²) in [6, 6.07) is 1.51. The molecule has 2 aliphatic heterocycles. The molecule has 2 fully saturated rings. The highest BCUT2D eigenvalue weighted by Gasteiger charge is 2.24. The number of pyridine rings is 1. The van der Waals surface area contributed by atoms with Gasteiger partial charge in [0.2, 0.25) is 0 Å². The van der Waals surface area contributed by atoms with Crippen LogP contribution in [0, 0.1) is 11.7 Å². The molecule has 0 spiro atoms. The van der Waals surface area contributed by atoms with Gasteiger partial charge in [-0.05, 0) is 50.8 Å². The monoisotopic (exact) mass is 292 g/mol. The summed E-state index contributed by atoms with van der Waals surface area (Å²) < 4.78 is 13.2. The summed E-state index contributed by atoms with van der Waals surface area (Å²) in [4.78, 5) is 9.13. The first-order chi connectivity index (χ1) is 10.3. The minimum Gasteiger partial charge on any atom is -0.356 e. The van der Waals surface area contributed by atoms with Crippen LogP contribution in [0.5, 0.6) is 0 Å². The Kier molecular flexibility index (Phi) is 4.70. The molecular formula is C16H25FN4. The SMILES string of the molecule is NCc1cc(F)cnc1N1CCC(CN2CCCC2)CC1. The molecule has 0 saturated carbocycles. The Balaban J connectivity index is 1.57. The second kappa shape index (κ2) is 6.71. The number of likely N-dealkylation sites (tertiary alicyclic amines) is 1. The minimum absolute atomic E-state index is 0.303. The zero-order valence-electron chi connectivity index (χ0n) is 12.6. The number of nitrogens with two attached hydrogens (primary N) is 1. The van der Waals surface area contributed by atoms with Gasteiger partial charge >= 0.3 is 0 Å². The van der Waals surface area contributed by atoms with Crippen molar-refractivity contribution in [2.24, 2.45) is 11.7 Å². The highest BCUT2D eigenvalue weighted by Crippen LogP contribution is 2.26. The summed E-state index contributed by atoms with van der Waals surface area (Å²) in [5, 5.41) is 0. The predicted octanol–water partition coefficient (Wildman–Crippen LogP) is 1.99. The Labute approximate surface area is 126 Å². The Morgan fingerprint density at radius 2 is 1.90 bits per heavy atom. The van der Waals surface area contributed by atoms with Crippen molar-refractivity contribution in [1.82, 2.24) is 9.88 Å². The molecule has 0 bridgehead atoms. The third kappa shape index (κ3) is 3.52. The van der Waals surface area contributed by atoms with Gasteiger partial charge in [-0.25, -0.2) is 9.37 Å². The number of halogens is 1. The van der Waals surface area contributed by atoms with E-state index in [1.165, 1.54) is 57.6 Å². The van der Waals surface area contributed by atoms with Gasteiger partial charge in [0, 0.05) is 31.7 Å². The van der Waals surface area contributed by atoms with Crippen LogP contribution in [0.3, 0.4) is 0 Å². The molecular weight excluding hydrogens is 267 g/mol. The number of rotatable bonds is 4. The first-order valence-electron chi connectivity index (χ1n) is 8.08. The summed E-state index contributed by atoms with van der Waals surface area (Å²) >= 11 is 0. The van der Waals surface area contributed by atoms with E-state index in [2.05, 4.69) is 14.8 Å². The van der Waals surface area contributed by atoms with E-state index in [0.717, 1.165) is 30.4 Å². The number of hydrogen-bond donors (Lipinski definition) is 1. The van der Waals surface area contributed by atoms with Crippen molar-refractivity contribution in [2.45, 2.75) is 32.2 Å². The molecule has 0 radical (unpaired) electrons. The van der Waals surface area contributed by atoms with Crippen molar-refractivity contribution in [2.75, 3.05) is 37.6 Å². The molecule has 3 heterocycles. The van der Waals surface area contributed by atoms with Crippen LogP contribution in [0.1, 0.15) is 31.2 Å². The maximum Gasteiger partial charge on any atom is 0.141 e. The highest BCUT2D eigenvalue weighted by atomic mass is 19.1. The molecule has 4 nitrogen and oxygen atoms in total. The van der Waals surface area contributed by atoms with E-state index in [-0.39, 0.29) is 5.82 Å². The van der Waals surface area contributed by atoms with E-state index in [4.69, 9.17) is 5.73 Å². The highest BCUT2D eigenvalue weighted by molar-refractivity contribution is 5.47. The normalized spacial score (nSPS) is 21.1. The van der Waals surface area contributed by atoms with Crippen LogP contribution in [0.15, 0.2) is 12.3 Å². The molecule has 1 aromatic heterocycles. The molecule has 2 aliphatic rings. The van der Waals surface area contributed by atoms with E-state index in [9.17, 15) is 4.39 Å². The quantitative estimate of drug-likeness (QED) is 0.922. The van der Waals surface area contributed by atoms with E-state index >= 15 is 0 Å². The largest absolute Gasteiger partial charge is 0.356 e. The van der Waals surface area contributed by atoms with Gasteiger partial charge in [-0.1, -0.05) is 0 Å². The average molecular weight is 292 g/mol. The lowest BCUT2D eigenvalue weighted by atomic mass is 9.96. The third-order valence-corrected chi connectivity index (χ3v) is 4.76. The Hall–Kier alpha value is -1.20. The second-order valence-electron chi connectivity index (χ2n) is 6.28. The predicted molar refractivity (Wildman–Crippen MR) is 82.7 cm³/mol. The van der Waals surface area contributed by atoms with E-state index in [0.29, 0.717) is 6.54 Å². The zero-order valence-corrected chi connectivity index (χ0v) is 12.6. The number of hydrogen-bond acceptors (Lipinski definition) is 4. The minimum atomic E-state index is -0.303. The van der Waals surface area contributed by atoms with Crippen LogP contribution in [-0.2, 0) is 6.54 Å². The fraction of sp³-hybridized carbons (Fsp3) is 0.688. The molecule has 0 atom stereocenters. The molecule has 0 amide bonds. The first-order valence-corrected chi connectivity index (χ1v) is 8.08. The standard InChI is InChI=1S/C16H25FN4/c17-15-9-14(10-18)16(19-11-15)21-7-3-13(4-8-21)12-20-5-1-2-6-20/h9,11,13H,1-8,10,12,18H2. The number of piperidine rings is 1. The van der Waals surface area contributed by atoms with Gasteiger partial charge in [0.25, 0.3) is 0 Å². The topological polar surface area (TPSA) is 45.4 Å². The molecule has 1 aromatic rings. The molecule has 116 valence electrons. The lowest BCUT2D eigenvalue weighted by Crippen LogP contribution is -2.39. The first kappa shape index (κ1) is 14.7. The summed E-state index contributed by atoms with van der Waals surface area (Å²) in [6.07, 6.45) is 6.40. The number of nitrogens with zero attached hydrogens (tertiary/aromatic N) is 3. The molecule has 0 aliphatic carbocycles. The van der Waals surface area contributed by atoms with Gasteiger partial charge in [-0.2, -0.15) is 0 Å². The number of aromatic nitrogens is 1. The number of anilines is 1. The van der Waals surface area contributed by atoms with Gasteiger partial charge in [-0.15, -0.1) is 0 Å². The van der Waals surface area contributed by atoms with E-state index in [1.807, 2.05) is 0 Å². The Morgan fingerprint density at radius 3 is 2.57 bits per heavy atom. The van der Waals surface area contributed by atoms with Crippen LogP contribution in [-0.4, -0.2) is 42.6 Å². The van der Waals surface area contributed by atoms with Crippen molar-refractivity contribution in [1.29, 1.82) is 0 Å².